The Morgan fingerprint density at radius 3 is 2.74 bits per heavy atom. The lowest BCUT2D eigenvalue weighted by Gasteiger charge is -2.25. The van der Waals surface area contributed by atoms with E-state index in [0.717, 1.165) is 5.57 Å². The Morgan fingerprint density at radius 1 is 1.37 bits per heavy atom. The maximum atomic E-state index is 11.6. The zero-order chi connectivity index (χ0) is 14.2. The highest BCUT2D eigenvalue weighted by Crippen LogP contribution is 2.35. The van der Waals surface area contributed by atoms with Crippen molar-refractivity contribution in [2.24, 2.45) is 5.92 Å². The molecule has 0 bridgehead atoms. The molecule has 1 aliphatic carbocycles. The van der Waals surface area contributed by atoms with E-state index < -0.39 is 30.2 Å². The number of fused-ring (bicyclic) bond motifs is 1. The molecule has 0 amide bonds. The number of hydrogen-bond acceptors (Lipinski definition) is 4. The first-order chi connectivity index (χ1) is 8.90. The number of hydrogen-bond donors (Lipinski definition) is 2. The molecule has 2 rings (SSSR count). The van der Waals surface area contributed by atoms with Crippen molar-refractivity contribution in [3.63, 3.8) is 0 Å². The van der Waals surface area contributed by atoms with Gasteiger partial charge in [-0.2, -0.15) is 0 Å². The second-order valence-corrected chi connectivity index (χ2v) is 5.42. The highest BCUT2D eigenvalue weighted by atomic mass is 16.6. The summed E-state index contributed by atoms with van der Waals surface area (Å²) in [5.41, 5.74) is 1.91. The van der Waals surface area contributed by atoms with E-state index in [-0.39, 0.29) is 0 Å². The van der Waals surface area contributed by atoms with Crippen LogP contribution in [-0.4, -0.2) is 34.5 Å². The number of esters is 1. The van der Waals surface area contributed by atoms with Crippen LogP contribution in [0.3, 0.4) is 0 Å². The van der Waals surface area contributed by atoms with Gasteiger partial charge in [-0.25, -0.2) is 4.79 Å². The lowest BCUT2D eigenvalue weighted by atomic mass is 9.84. The molecule has 4 heteroatoms. The molecule has 1 saturated heterocycles. The number of allylic oxidation sites excluding steroid dienone is 1. The molecule has 1 heterocycles. The summed E-state index contributed by atoms with van der Waals surface area (Å²) in [5, 5.41) is 20.2. The zero-order valence-corrected chi connectivity index (χ0v) is 11.1. The first-order valence-electron chi connectivity index (χ1n) is 6.51. The summed E-state index contributed by atoms with van der Waals surface area (Å²) >= 11 is 0. The second kappa shape index (κ2) is 5.31. The third-order valence-corrected chi connectivity index (χ3v) is 3.89. The van der Waals surface area contributed by atoms with Gasteiger partial charge in [0.15, 0.2) is 0 Å². The molecule has 19 heavy (non-hydrogen) atoms. The fraction of sp³-hybridized carbons (Fsp3) is 0.533. The van der Waals surface area contributed by atoms with E-state index >= 15 is 0 Å². The molecular formula is C15H20O4. The summed E-state index contributed by atoms with van der Waals surface area (Å²) in [6, 6.07) is 0. The molecule has 1 aliphatic heterocycles. The first kappa shape index (κ1) is 14.0. The molecular weight excluding hydrogens is 244 g/mol. The average molecular weight is 264 g/mol. The zero-order valence-electron chi connectivity index (χ0n) is 11.1. The standard InChI is InChI=1S/C15H20O4/c1-8-4-5-11(16)9(2)7-13-14(12(17)6-8)10(3)15(18)19-13/h6,11-14,16-17H,2-5,7H2,1H3/b8-6+. The molecule has 0 radical (unpaired) electrons. The van der Waals surface area contributed by atoms with Crippen LogP contribution in [0, 0.1) is 5.92 Å². The van der Waals surface area contributed by atoms with Crippen LogP contribution >= 0.6 is 0 Å². The number of carbonyl (C=O) groups excluding carboxylic acids is 1. The fourth-order valence-electron chi connectivity index (χ4n) is 2.68. The predicted octanol–water partition coefficient (Wildman–Crippen LogP) is 1.49. The SMILES string of the molecule is C=C1CC2OC(=O)C(=C)C2C(O)/C=C(\C)CCC1O. The van der Waals surface area contributed by atoms with Gasteiger partial charge in [0.05, 0.1) is 18.1 Å². The maximum Gasteiger partial charge on any atom is 0.334 e. The minimum Gasteiger partial charge on any atom is -0.458 e. The van der Waals surface area contributed by atoms with Crippen LogP contribution in [0.15, 0.2) is 36.0 Å². The third kappa shape index (κ3) is 2.80. The van der Waals surface area contributed by atoms with Crippen LogP contribution in [0.1, 0.15) is 26.2 Å². The number of rotatable bonds is 0. The van der Waals surface area contributed by atoms with Crippen LogP contribution in [0.2, 0.25) is 0 Å². The van der Waals surface area contributed by atoms with Crippen LogP contribution in [0.5, 0.6) is 0 Å². The Labute approximate surface area is 113 Å². The highest BCUT2D eigenvalue weighted by molar-refractivity contribution is 5.91. The molecule has 0 aromatic rings. The van der Waals surface area contributed by atoms with Crippen molar-refractivity contribution in [3.05, 3.63) is 36.0 Å². The Kier molecular flexibility index (Phi) is 3.92. The van der Waals surface area contributed by atoms with Gasteiger partial charge < -0.3 is 14.9 Å². The molecule has 0 spiro atoms. The molecule has 4 atom stereocenters. The Hall–Kier alpha value is -1.39. The lowest BCUT2D eigenvalue weighted by Crippen LogP contribution is -2.30. The van der Waals surface area contributed by atoms with E-state index in [1.807, 2.05) is 6.92 Å². The quantitative estimate of drug-likeness (QED) is 0.395. The molecule has 2 aliphatic rings. The van der Waals surface area contributed by atoms with Crippen molar-refractivity contribution >= 4 is 5.97 Å². The fourth-order valence-corrected chi connectivity index (χ4v) is 2.68. The largest absolute Gasteiger partial charge is 0.458 e. The van der Waals surface area contributed by atoms with Crippen LogP contribution in [0.4, 0.5) is 0 Å². The number of aliphatic hydroxyl groups excluding tert-OH is 2. The molecule has 2 N–H and O–H groups in total. The van der Waals surface area contributed by atoms with E-state index in [4.69, 9.17) is 4.74 Å². The third-order valence-electron chi connectivity index (χ3n) is 3.89. The summed E-state index contributed by atoms with van der Waals surface area (Å²) in [5.74, 6) is -0.925. The molecule has 0 aromatic carbocycles. The van der Waals surface area contributed by atoms with Crippen molar-refractivity contribution in [3.8, 4) is 0 Å². The first-order valence-corrected chi connectivity index (χ1v) is 6.51. The smallest absolute Gasteiger partial charge is 0.334 e. The Morgan fingerprint density at radius 2 is 2.05 bits per heavy atom. The Balaban J connectivity index is 2.33. The second-order valence-electron chi connectivity index (χ2n) is 5.42. The van der Waals surface area contributed by atoms with E-state index in [1.54, 1.807) is 6.08 Å². The molecule has 0 aromatic heterocycles. The van der Waals surface area contributed by atoms with Crippen molar-refractivity contribution < 1.29 is 19.7 Å². The van der Waals surface area contributed by atoms with E-state index in [1.165, 1.54) is 0 Å². The van der Waals surface area contributed by atoms with Gasteiger partial charge in [0, 0.05) is 12.0 Å². The van der Waals surface area contributed by atoms with Gasteiger partial charge in [-0.1, -0.05) is 24.8 Å². The van der Waals surface area contributed by atoms with E-state index in [0.29, 0.717) is 30.4 Å². The molecule has 1 fully saturated rings. The molecule has 4 nitrogen and oxygen atoms in total. The minimum absolute atomic E-state index is 0.296. The van der Waals surface area contributed by atoms with E-state index in [2.05, 4.69) is 13.2 Å². The average Bonchev–Trinajstić information content (AvgIpc) is 2.60. The van der Waals surface area contributed by atoms with Crippen molar-refractivity contribution in [1.82, 2.24) is 0 Å². The maximum absolute atomic E-state index is 11.6. The number of carbonyl (C=O) groups is 1. The van der Waals surface area contributed by atoms with Gasteiger partial charge in [-0.3, -0.25) is 0 Å². The van der Waals surface area contributed by atoms with Crippen LogP contribution in [0.25, 0.3) is 0 Å². The summed E-state index contributed by atoms with van der Waals surface area (Å²) in [4.78, 5) is 11.6. The molecule has 0 saturated carbocycles. The monoisotopic (exact) mass is 264 g/mol. The normalized spacial score (nSPS) is 39.3. The van der Waals surface area contributed by atoms with Gasteiger partial charge >= 0.3 is 5.97 Å². The number of aliphatic hydroxyl groups is 2. The van der Waals surface area contributed by atoms with Gasteiger partial charge in [0.1, 0.15) is 6.10 Å². The lowest BCUT2D eigenvalue weighted by molar-refractivity contribution is -0.139. The van der Waals surface area contributed by atoms with Crippen molar-refractivity contribution in [2.75, 3.05) is 0 Å². The van der Waals surface area contributed by atoms with Crippen molar-refractivity contribution in [2.45, 2.75) is 44.5 Å². The van der Waals surface area contributed by atoms with Gasteiger partial charge in [0.25, 0.3) is 0 Å². The topological polar surface area (TPSA) is 66.8 Å². The van der Waals surface area contributed by atoms with Gasteiger partial charge in [0.2, 0.25) is 0 Å². The summed E-state index contributed by atoms with van der Waals surface area (Å²) in [7, 11) is 0. The Bertz CT molecular complexity index is 449. The number of ether oxygens (including phenoxy) is 1. The van der Waals surface area contributed by atoms with Crippen molar-refractivity contribution in [1.29, 1.82) is 0 Å². The molecule has 4 unspecified atom stereocenters. The molecule has 104 valence electrons. The van der Waals surface area contributed by atoms with Gasteiger partial charge in [-0.05, 0) is 25.3 Å². The summed E-state index contributed by atoms with van der Waals surface area (Å²) < 4.78 is 5.23. The van der Waals surface area contributed by atoms with Crippen LogP contribution < -0.4 is 0 Å². The highest BCUT2D eigenvalue weighted by Gasteiger charge is 2.42. The van der Waals surface area contributed by atoms with E-state index in [9.17, 15) is 15.0 Å². The predicted molar refractivity (Wildman–Crippen MR) is 71.3 cm³/mol. The summed E-state index contributed by atoms with van der Waals surface area (Å²) in [6.45, 7) is 9.47. The minimum atomic E-state index is -0.785. The van der Waals surface area contributed by atoms with Crippen LogP contribution in [-0.2, 0) is 9.53 Å². The van der Waals surface area contributed by atoms with Gasteiger partial charge in [-0.15, -0.1) is 0 Å². The summed E-state index contributed by atoms with van der Waals surface area (Å²) in [6.07, 6.45) is 1.47.